The Labute approximate surface area is 225 Å². The molecule has 0 radical (unpaired) electrons. The van der Waals surface area contributed by atoms with Crippen LogP contribution in [0, 0.1) is 11.3 Å². The maximum absolute atomic E-state index is 14.6. The van der Waals surface area contributed by atoms with Crippen molar-refractivity contribution in [3.05, 3.63) is 64.7 Å². The molecule has 0 bridgehead atoms. The molecule has 2 N–H and O–H groups in total. The minimum absolute atomic E-state index is 0.0891. The summed E-state index contributed by atoms with van der Waals surface area (Å²) in [6.45, 7) is 0.187. The highest BCUT2D eigenvalue weighted by molar-refractivity contribution is 7.90. The van der Waals surface area contributed by atoms with Gasteiger partial charge in [0.2, 0.25) is 0 Å². The minimum atomic E-state index is -3.37. The summed E-state index contributed by atoms with van der Waals surface area (Å²) in [5, 5.41) is 0. The van der Waals surface area contributed by atoms with Crippen LogP contribution >= 0.6 is 0 Å². The van der Waals surface area contributed by atoms with Gasteiger partial charge in [-0.25, -0.2) is 13.4 Å². The standard InChI is InChI=1S/C30H37N3O4S/c1-37-24-12-14-29(15-13-24)18-23-11-10-21(9-8-20-6-7-20)17-26(23)30(29)27(34)33(28(31)32-30)19-22-4-3-5-25(16-22)38(2,35)36/h3-5,10-11,16-17,20,24H,6-9,12-15,18-19H2,1-2H3,(H2,31,32). The third-order valence-electron chi connectivity index (χ3n) is 9.40. The summed E-state index contributed by atoms with van der Waals surface area (Å²) in [5.41, 5.74) is 9.35. The van der Waals surface area contributed by atoms with Crippen LogP contribution in [0.1, 0.15) is 67.2 Å². The maximum atomic E-state index is 14.6. The zero-order valence-electron chi connectivity index (χ0n) is 22.3. The van der Waals surface area contributed by atoms with Gasteiger partial charge in [0.15, 0.2) is 21.3 Å². The fourth-order valence-corrected chi connectivity index (χ4v) is 7.75. The van der Waals surface area contributed by atoms with Crippen LogP contribution in [0.5, 0.6) is 0 Å². The van der Waals surface area contributed by atoms with Gasteiger partial charge in [0.05, 0.1) is 17.5 Å². The average Bonchev–Trinajstić information content (AvgIpc) is 3.65. The molecule has 2 saturated carbocycles. The van der Waals surface area contributed by atoms with Gasteiger partial charge in [-0.3, -0.25) is 9.69 Å². The predicted molar refractivity (Wildman–Crippen MR) is 146 cm³/mol. The molecule has 1 aliphatic heterocycles. The summed E-state index contributed by atoms with van der Waals surface area (Å²) in [4.78, 5) is 21.5. The van der Waals surface area contributed by atoms with Crippen LogP contribution in [-0.2, 0) is 44.3 Å². The molecule has 0 saturated heterocycles. The van der Waals surface area contributed by atoms with Crippen LogP contribution in [0.15, 0.2) is 52.4 Å². The highest BCUT2D eigenvalue weighted by Crippen LogP contribution is 2.62. The topological polar surface area (TPSA) is 102 Å². The molecular weight excluding hydrogens is 498 g/mol. The van der Waals surface area contributed by atoms with E-state index < -0.39 is 15.4 Å². The van der Waals surface area contributed by atoms with Crippen molar-refractivity contribution in [3.63, 3.8) is 0 Å². The predicted octanol–water partition coefficient (Wildman–Crippen LogP) is 4.12. The largest absolute Gasteiger partial charge is 0.381 e. The zero-order valence-corrected chi connectivity index (χ0v) is 23.1. The lowest BCUT2D eigenvalue weighted by atomic mass is 9.61. The normalized spacial score (nSPS) is 28.8. The number of methoxy groups -OCH3 is 1. The van der Waals surface area contributed by atoms with Crippen molar-refractivity contribution in [1.82, 2.24) is 4.90 Å². The van der Waals surface area contributed by atoms with E-state index in [1.807, 2.05) is 6.07 Å². The Morgan fingerprint density at radius 2 is 1.84 bits per heavy atom. The van der Waals surface area contributed by atoms with Crippen LogP contribution in [0.3, 0.4) is 0 Å². The molecule has 2 aromatic rings. The number of carbonyl (C=O) groups is 1. The molecule has 6 rings (SSSR count). The number of nitrogens with zero attached hydrogens (tertiary/aromatic N) is 2. The van der Waals surface area contributed by atoms with Crippen molar-refractivity contribution < 1.29 is 17.9 Å². The molecule has 3 aliphatic carbocycles. The van der Waals surface area contributed by atoms with E-state index in [4.69, 9.17) is 15.5 Å². The van der Waals surface area contributed by atoms with Gasteiger partial charge in [-0.1, -0.05) is 43.2 Å². The van der Waals surface area contributed by atoms with Gasteiger partial charge in [0.1, 0.15) is 0 Å². The second kappa shape index (κ2) is 9.19. The van der Waals surface area contributed by atoms with E-state index in [0.29, 0.717) is 5.56 Å². The molecule has 1 unspecified atom stereocenters. The van der Waals surface area contributed by atoms with Gasteiger partial charge < -0.3 is 10.5 Å². The Hall–Kier alpha value is -2.71. The van der Waals surface area contributed by atoms with Crippen molar-refractivity contribution in [2.24, 2.45) is 22.1 Å². The number of guanidine groups is 1. The van der Waals surface area contributed by atoms with Crippen molar-refractivity contribution in [3.8, 4) is 0 Å². The lowest BCUT2D eigenvalue weighted by Gasteiger charge is -2.45. The van der Waals surface area contributed by atoms with E-state index >= 15 is 0 Å². The molecule has 2 aromatic carbocycles. The van der Waals surface area contributed by atoms with Crippen LogP contribution < -0.4 is 5.73 Å². The van der Waals surface area contributed by atoms with Crippen molar-refractivity contribution in [2.45, 2.75) is 80.9 Å². The molecule has 0 aromatic heterocycles. The Balaban J connectivity index is 1.39. The summed E-state index contributed by atoms with van der Waals surface area (Å²) < 4.78 is 30.0. The van der Waals surface area contributed by atoms with Gasteiger partial charge >= 0.3 is 0 Å². The number of rotatable bonds is 7. The highest BCUT2D eigenvalue weighted by atomic mass is 32.2. The summed E-state index contributed by atoms with van der Waals surface area (Å²) in [7, 11) is -1.61. The third-order valence-corrected chi connectivity index (χ3v) is 10.5. The minimum Gasteiger partial charge on any atom is -0.381 e. The summed E-state index contributed by atoms with van der Waals surface area (Å²) >= 11 is 0. The smallest absolute Gasteiger partial charge is 0.262 e. The number of amides is 1. The fraction of sp³-hybridized carbons (Fsp3) is 0.533. The Kier molecular flexibility index (Phi) is 6.18. The van der Waals surface area contributed by atoms with Gasteiger partial charge in [0, 0.05) is 18.8 Å². The summed E-state index contributed by atoms with van der Waals surface area (Å²) in [5.74, 6) is 0.964. The monoisotopic (exact) mass is 535 g/mol. The molecule has 1 atom stereocenters. The first kappa shape index (κ1) is 25.6. The summed E-state index contributed by atoms with van der Waals surface area (Å²) in [6.07, 6.45) is 10.5. The lowest BCUT2D eigenvalue weighted by molar-refractivity contribution is -0.138. The number of nitrogens with two attached hydrogens (primary N) is 1. The molecule has 1 heterocycles. The van der Waals surface area contributed by atoms with E-state index in [0.717, 1.165) is 50.0 Å². The number of benzene rings is 2. The SMILES string of the molecule is COC1CCC2(CC1)Cc1ccc(CCC3CC3)cc1C21N=C(N)N(Cc2cccc(S(C)(=O)=O)c2)C1=O. The number of hydrogen-bond acceptors (Lipinski definition) is 6. The number of hydrogen-bond donors (Lipinski definition) is 1. The second-order valence-electron chi connectivity index (χ2n) is 11.9. The summed E-state index contributed by atoms with van der Waals surface area (Å²) in [6, 6.07) is 13.4. The second-order valence-corrected chi connectivity index (χ2v) is 13.9. The van der Waals surface area contributed by atoms with E-state index in [2.05, 4.69) is 18.2 Å². The number of fused-ring (bicyclic) bond motifs is 3. The van der Waals surface area contributed by atoms with Crippen LogP contribution in [0.25, 0.3) is 0 Å². The molecule has 8 heteroatoms. The average molecular weight is 536 g/mol. The quantitative estimate of drug-likeness (QED) is 0.575. The number of sulfone groups is 1. The molecule has 202 valence electrons. The number of ether oxygens (including phenoxy) is 1. The number of aryl methyl sites for hydroxylation is 1. The van der Waals surface area contributed by atoms with E-state index in [9.17, 15) is 13.2 Å². The third kappa shape index (κ3) is 4.16. The Morgan fingerprint density at radius 1 is 1.08 bits per heavy atom. The fourth-order valence-electron chi connectivity index (χ4n) is 7.05. The van der Waals surface area contributed by atoms with Crippen LogP contribution in [0.4, 0.5) is 0 Å². The van der Waals surface area contributed by atoms with Crippen molar-refractivity contribution in [1.29, 1.82) is 0 Å². The molecule has 2 fully saturated rings. The van der Waals surface area contributed by atoms with Gasteiger partial charge in [0.25, 0.3) is 5.91 Å². The molecule has 4 aliphatic rings. The highest BCUT2D eigenvalue weighted by Gasteiger charge is 2.66. The lowest BCUT2D eigenvalue weighted by Crippen LogP contribution is -2.52. The van der Waals surface area contributed by atoms with Crippen molar-refractivity contribution in [2.75, 3.05) is 13.4 Å². The first-order chi connectivity index (χ1) is 18.1. The van der Waals surface area contributed by atoms with Gasteiger partial charge in [-0.15, -0.1) is 0 Å². The molecule has 7 nitrogen and oxygen atoms in total. The first-order valence-corrected chi connectivity index (χ1v) is 15.7. The van der Waals surface area contributed by atoms with Crippen LogP contribution in [0.2, 0.25) is 0 Å². The molecule has 2 spiro atoms. The van der Waals surface area contributed by atoms with E-state index in [-0.39, 0.29) is 34.8 Å². The van der Waals surface area contributed by atoms with Crippen molar-refractivity contribution >= 4 is 21.7 Å². The van der Waals surface area contributed by atoms with Gasteiger partial charge in [-0.2, -0.15) is 0 Å². The molecular formula is C30H37N3O4S. The number of carbonyl (C=O) groups excluding carboxylic acids is 1. The van der Waals surface area contributed by atoms with Gasteiger partial charge in [-0.05, 0) is 85.3 Å². The molecule has 1 amide bonds. The zero-order chi connectivity index (χ0) is 26.7. The Bertz CT molecular complexity index is 1410. The first-order valence-electron chi connectivity index (χ1n) is 13.8. The number of aliphatic imine (C=N–C) groups is 1. The van der Waals surface area contributed by atoms with E-state index in [1.165, 1.54) is 36.6 Å². The maximum Gasteiger partial charge on any atom is 0.262 e. The molecule has 38 heavy (non-hydrogen) atoms. The van der Waals surface area contributed by atoms with Crippen LogP contribution in [-0.4, -0.2) is 44.7 Å². The van der Waals surface area contributed by atoms with E-state index in [1.54, 1.807) is 30.2 Å². The Morgan fingerprint density at radius 3 is 2.53 bits per heavy atom.